The Labute approximate surface area is 107 Å². The number of rotatable bonds is 4. The summed E-state index contributed by atoms with van der Waals surface area (Å²) >= 11 is 0. The number of nitrogens with zero attached hydrogens (tertiary/aromatic N) is 2. The first kappa shape index (κ1) is 15.2. The van der Waals surface area contributed by atoms with E-state index in [9.17, 15) is 28.4 Å². The average Bonchev–Trinajstić information content (AvgIpc) is 2.25. The Bertz CT molecular complexity index is 475. The Balaban J connectivity index is 3.27. The number of alkyl halides is 3. The molecular weight excluding hydrogens is 265 g/mol. The number of non-ortho nitro benzene ring substituents is 1. The summed E-state index contributed by atoms with van der Waals surface area (Å²) in [5.74, 6) is 0. The van der Waals surface area contributed by atoms with Crippen LogP contribution in [0.4, 0.5) is 24.5 Å². The van der Waals surface area contributed by atoms with Crippen molar-refractivity contribution in [1.82, 2.24) is 0 Å². The zero-order valence-corrected chi connectivity index (χ0v) is 10.3. The van der Waals surface area contributed by atoms with Crippen LogP contribution < -0.4 is 4.90 Å². The maximum atomic E-state index is 12.9. The second-order valence-corrected chi connectivity index (χ2v) is 4.19. The number of anilines is 1. The molecule has 106 valence electrons. The molecule has 0 bridgehead atoms. The minimum Gasteiger partial charge on any atom is -0.392 e. The summed E-state index contributed by atoms with van der Waals surface area (Å²) in [6.45, 7) is 1.43. The van der Waals surface area contributed by atoms with Crippen molar-refractivity contribution >= 4 is 11.4 Å². The van der Waals surface area contributed by atoms with Gasteiger partial charge in [0.1, 0.15) is 0 Å². The van der Waals surface area contributed by atoms with Gasteiger partial charge in [-0.2, -0.15) is 13.2 Å². The summed E-state index contributed by atoms with van der Waals surface area (Å²) in [5.41, 5.74) is -1.93. The van der Waals surface area contributed by atoms with Gasteiger partial charge >= 0.3 is 6.18 Å². The van der Waals surface area contributed by atoms with E-state index in [0.29, 0.717) is 6.07 Å². The summed E-state index contributed by atoms with van der Waals surface area (Å²) in [7, 11) is 1.38. The first-order chi connectivity index (χ1) is 8.62. The summed E-state index contributed by atoms with van der Waals surface area (Å²) in [6, 6.07) is 2.53. The van der Waals surface area contributed by atoms with Gasteiger partial charge in [0.05, 0.1) is 16.6 Å². The molecule has 1 atom stereocenters. The van der Waals surface area contributed by atoms with Gasteiger partial charge in [-0.1, -0.05) is 0 Å². The van der Waals surface area contributed by atoms with E-state index in [0.717, 1.165) is 12.1 Å². The molecule has 0 spiro atoms. The van der Waals surface area contributed by atoms with E-state index in [4.69, 9.17) is 0 Å². The van der Waals surface area contributed by atoms with E-state index >= 15 is 0 Å². The molecule has 0 aliphatic heterocycles. The lowest BCUT2D eigenvalue weighted by Crippen LogP contribution is -2.28. The number of hydrogen-bond acceptors (Lipinski definition) is 4. The van der Waals surface area contributed by atoms with Crippen molar-refractivity contribution in [2.45, 2.75) is 19.2 Å². The smallest absolute Gasteiger partial charge is 0.392 e. The summed E-state index contributed by atoms with van der Waals surface area (Å²) in [4.78, 5) is 10.8. The molecule has 5 nitrogen and oxygen atoms in total. The van der Waals surface area contributed by atoms with Gasteiger partial charge in [0, 0.05) is 31.4 Å². The predicted octanol–water partition coefficient (Wildman–Crippen LogP) is 2.43. The van der Waals surface area contributed by atoms with Crippen LogP contribution in [0.1, 0.15) is 12.5 Å². The average molecular weight is 278 g/mol. The van der Waals surface area contributed by atoms with Crippen molar-refractivity contribution in [3.63, 3.8) is 0 Å². The van der Waals surface area contributed by atoms with Gasteiger partial charge in [-0.25, -0.2) is 0 Å². The first-order valence-electron chi connectivity index (χ1n) is 5.37. The fourth-order valence-electron chi connectivity index (χ4n) is 1.69. The Morgan fingerprint density at radius 2 is 2.05 bits per heavy atom. The van der Waals surface area contributed by atoms with Gasteiger partial charge in [-0.05, 0) is 13.0 Å². The molecule has 1 rings (SSSR count). The Hall–Kier alpha value is -1.83. The van der Waals surface area contributed by atoms with Crippen molar-refractivity contribution in [2.24, 2.45) is 0 Å². The van der Waals surface area contributed by atoms with Crippen LogP contribution in [-0.2, 0) is 6.18 Å². The van der Waals surface area contributed by atoms with E-state index in [2.05, 4.69) is 0 Å². The molecule has 0 heterocycles. The Morgan fingerprint density at radius 3 is 2.47 bits per heavy atom. The van der Waals surface area contributed by atoms with Crippen molar-refractivity contribution in [2.75, 3.05) is 18.5 Å². The molecule has 1 N–H and O–H groups in total. The Kier molecular flexibility index (Phi) is 4.35. The zero-order chi connectivity index (χ0) is 14.8. The number of aliphatic hydroxyl groups is 1. The van der Waals surface area contributed by atoms with Crippen molar-refractivity contribution in [3.8, 4) is 0 Å². The van der Waals surface area contributed by atoms with Crippen LogP contribution in [0.2, 0.25) is 0 Å². The molecule has 1 unspecified atom stereocenters. The third-order valence-corrected chi connectivity index (χ3v) is 2.45. The number of benzene rings is 1. The van der Waals surface area contributed by atoms with Crippen molar-refractivity contribution in [1.29, 1.82) is 0 Å². The number of likely N-dealkylation sites (N-methyl/N-ethyl adjacent to an activating group) is 1. The predicted molar refractivity (Wildman–Crippen MR) is 63.0 cm³/mol. The SMILES string of the molecule is CC(O)CN(C)c1ccc([N+](=O)[O-])cc1C(F)(F)F. The minimum absolute atomic E-state index is 0.0130. The van der Waals surface area contributed by atoms with Crippen LogP contribution in [0.3, 0.4) is 0 Å². The quantitative estimate of drug-likeness (QED) is 0.678. The fourth-order valence-corrected chi connectivity index (χ4v) is 1.69. The van der Waals surface area contributed by atoms with Crippen LogP contribution >= 0.6 is 0 Å². The highest BCUT2D eigenvalue weighted by Gasteiger charge is 2.36. The number of nitro benzene ring substituents is 1. The lowest BCUT2D eigenvalue weighted by atomic mass is 10.1. The van der Waals surface area contributed by atoms with Crippen LogP contribution in [0, 0.1) is 10.1 Å². The van der Waals surface area contributed by atoms with Gasteiger partial charge < -0.3 is 10.0 Å². The number of nitro groups is 1. The van der Waals surface area contributed by atoms with Gasteiger partial charge in [-0.15, -0.1) is 0 Å². The van der Waals surface area contributed by atoms with Crippen LogP contribution in [-0.4, -0.2) is 29.7 Å². The fraction of sp³-hybridized carbons (Fsp3) is 0.455. The van der Waals surface area contributed by atoms with Gasteiger partial charge in [0.15, 0.2) is 0 Å². The Morgan fingerprint density at radius 1 is 1.47 bits per heavy atom. The lowest BCUT2D eigenvalue weighted by Gasteiger charge is -2.24. The highest BCUT2D eigenvalue weighted by Crippen LogP contribution is 2.38. The van der Waals surface area contributed by atoms with E-state index in [-0.39, 0.29) is 12.2 Å². The van der Waals surface area contributed by atoms with E-state index < -0.39 is 28.5 Å². The van der Waals surface area contributed by atoms with Crippen LogP contribution in [0.25, 0.3) is 0 Å². The third-order valence-electron chi connectivity index (χ3n) is 2.45. The van der Waals surface area contributed by atoms with Gasteiger partial charge in [0.25, 0.3) is 5.69 Å². The molecule has 0 saturated carbocycles. The second kappa shape index (κ2) is 5.43. The summed E-state index contributed by atoms with van der Waals surface area (Å²) < 4.78 is 38.6. The van der Waals surface area contributed by atoms with Crippen molar-refractivity contribution in [3.05, 3.63) is 33.9 Å². The van der Waals surface area contributed by atoms with Crippen LogP contribution in [0.5, 0.6) is 0 Å². The molecule has 0 saturated heterocycles. The second-order valence-electron chi connectivity index (χ2n) is 4.19. The maximum Gasteiger partial charge on any atom is 0.418 e. The molecule has 8 heteroatoms. The van der Waals surface area contributed by atoms with Crippen LogP contribution in [0.15, 0.2) is 18.2 Å². The molecular formula is C11H13F3N2O3. The minimum atomic E-state index is -4.70. The highest BCUT2D eigenvalue weighted by molar-refractivity contribution is 5.58. The highest BCUT2D eigenvalue weighted by atomic mass is 19.4. The number of aliphatic hydroxyl groups excluding tert-OH is 1. The standard InChI is InChI=1S/C11H13F3N2O3/c1-7(17)6-15(2)10-4-3-8(16(18)19)5-9(10)11(12,13)14/h3-5,7,17H,6H2,1-2H3. The normalized spacial score (nSPS) is 13.2. The third kappa shape index (κ3) is 3.82. The topological polar surface area (TPSA) is 66.6 Å². The summed E-state index contributed by atoms with van der Waals surface area (Å²) in [5, 5.41) is 19.7. The monoisotopic (exact) mass is 278 g/mol. The molecule has 0 fully saturated rings. The molecule has 1 aromatic carbocycles. The number of hydrogen-bond donors (Lipinski definition) is 1. The zero-order valence-electron chi connectivity index (χ0n) is 10.3. The maximum absolute atomic E-state index is 12.9. The van der Waals surface area contributed by atoms with E-state index in [1.54, 1.807) is 0 Å². The molecule has 0 aromatic heterocycles. The summed E-state index contributed by atoms with van der Waals surface area (Å²) in [6.07, 6.45) is -5.52. The lowest BCUT2D eigenvalue weighted by molar-refractivity contribution is -0.385. The molecule has 0 aliphatic rings. The molecule has 19 heavy (non-hydrogen) atoms. The molecule has 0 amide bonds. The van der Waals surface area contributed by atoms with Gasteiger partial charge in [0.2, 0.25) is 0 Å². The van der Waals surface area contributed by atoms with Crippen molar-refractivity contribution < 1.29 is 23.2 Å². The molecule has 1 aromatic rings. The molecule has 0 radical (unpaired) electrons. The van der Waals surface area contributed by atoms with Gasteiger partial charge in [-0.3, -0.25) is 10.1 Å². The largest absolute Gasteiger partial charge is 0.418 e. The first-order valence-corrected chi connectivity index (χ1v) is 5.37. The van der Waals surface area contributed by atoms with E-state index in [1.807, 2.05) is 0 Å². The number of halogens is 3. The molecule has 0 aliphatic carbocycles. The van der Waals surface area contributed by atoms with E-state index in [1.165, 1.54) is 18.9 Å².